The minimum Gasteiger partial charge on any atom is -0.486 e. The van der Waals surface area contributed by atoms with Gasteiger partial charge in [-0.2, -0.15) is 0 Å². The van der Waals surface area contributed by atoms with Gasteiger partial charge in [0.15, 0.2) is 11.5 Å². The number of carbonyl (C=O) groups excluding carboxylic acids is 1. The van der Waals surface area contributed by atoms with Gasteiger partial charge >= 0.3 is 0 Å². The first-order valence-electron chi connectivity index (χ1n) is 10.8. The Morgan fingerprint density at radius 1 is 1.00 bits per heavy atom. The van der Waals surface area contributed by atoms with Gasteiger partial charge in [0, 0.05) is 12.6 Å². The molecule has 34 heavy (non-hydrogen) atoms. The van der Waals surface area contributed by atoms with E-state index in [-0.39, 0.29) is 16.5 Å². The molecule has 3 aromatic rings. The first-order chi connectivity index (χ1) is 16.3. The maximum absolute atomic E-state index is 13.6. The Bertz CT molecular complexity index is 1250. The van der Waals surface area contributed by atoms with Gasteiger partial charge in [0.1, 0.15) is 25.6 Å². The highest BCUT2D eigenvalue weighted by atomic mass is 32.2. The van der Waals surface area contributed by atoms with Crippen molar-refractivity contribution in [3.63, 3.8) is 0 Å². The van der Waals surface area contributed by atoms with Gasteiger partial charge in [-0.25, -0.2) is 12.8 Å². The minimum atomic E-state index is -4.17. The number of sulfonamides is 1. The van der Waals surface area contributed by atoms with Crippen molar-refractivity contribution in [2.75, 3.05) is 30.6 Å². The molecule has 0 fully saturated rings. The number of nitrogens with one attached hydrogen (secondary N) is 1. The Hall–Kier alpha value is -3.59. The summed E-state index contributed by atoms with van der Waals surface area (Å²) in [5.74, 6) is -0.188. The third-order valence-electron chi connectivity index (χ3n) is 5.48. The molecule has 0 radical (unpaired) electrons. The molecule has 4 rings (SSSR count). The third-order valence-corrected chi connectivity index (χ3v) is 7.25. The molecule has 1 aliphatic heterocycles. The Kier molecular flexibility index (Phi) is 7.02. The van der Waals surface area contributed by atoms with E-state index in [1.165, 1.54) is 30.3 Å². The molecule has 1 aliphatic rings. The van der Waals surface area contributed by atoms with Gasteiger partial charge in [0.2, 0.25) is 5.91 Å². The van der Waals surface area contributed by atoms with Crippen molar-refractivity contribution in [1.29, 1.82) is 0 Å². The molecule has 0 saturated carbocycles. The molecule has 0 aromatic heterocycles. The van der Waals surface area contributed by atoms with Crippen LogP contribution >= 0.6 is 0 Å². The summed E-state index contributed by atoms with van der Waals surface area (Å²) in [6.07, 6.45) is 0. The molecule has 1 heterocycles. The fourth-order valence-electron chi connectivity index (χ4n) is 3.59. The Balaban J connectivity index is 1.57. The summed E-state index contributed by atoms with van der Waals surface area (Å²) in [6.45, 7) is 2.52. The number of hydrogen-bond acceptors (Lipinski definition) is 5. The third kappa shape index (κ3) is 5.31. The molecule has 0 unspecified atom stereocenters. The lowest BCUT2D eigenvalue weighted by atomic mass is 10.0. The average Bonchev–Trinajstić information content (AvgIpc) is 2.86. The van der Waals surface area contributed by atoms with Gasteiger partial charge in [0.05, 0.1) is 10.6 Å². The van der Waals surface area contributed by atoms with E-state index in [0.717, 1.165) is 22.0 Å². The van der Waals surface area contributed by atoms with Crippen molar-refractivity contribution in [2.24, 2.45) is 0 Å². The molecule has 3 aromatic carbocycles. The van der Waals surface area contributed by atoms with Crippen LogP contribution in [0.1, 0.15) is 18.4 Å². The fraction of sp³-hybridized carbons (Fsp3) is 0.240. The zero-order chi connectivity index (χ0) is 24.1. The Labute approximate surface area is 198 Å². The highest BCUT2D eigenvalue weighted by Gasteiger charge is 2.29. The van der Waals surface area contributed by atoms with E-state index >= 15 is 0 Å². The predicted molar refractivity (Wildman–Crippen MR) is 126 cm³/mol. The first kappa shape index (κ1) is 23.6. The highest BCUT2D eigenvalue weighted by molar-refractivity contribution is 7.92. The topological polar surface area (TPSA) is 84.9 Å². The molecule has 0 bridgehead atoms. The first-order valence-corrected chi connectivity index (χ1v) is 12.3. The van der Waals surface area contributed by atoms with Crippen LogP contribution in [0.15, 0.2) is 77.7 Å². The largest absolute Gasteiger partial charge is 0.486 e. The van der Waals surface area contributed by atoms with Crippen molar-refractivity contribution >= 4 is 21.6 Å². The number of anilines is 1. The summed E-state index contributed by atoms with van der Waals surface area (Å²) in [7, 11) is -4.17. The van der Waals surface area contributed by atoms with Crippen LogP contribution in [-0.2, 0) is 14.8 Å². The number of hydrogen-bond donors (Lipinski definition) is 1. The zero-order valence-corrected chi connectivity index (χ0v) is 19.4. The van der Waals surface area contributed by atoms with Gasteiger partial charge in [-0.3, -0.25) is 9.10 Å². The number of halogens is 1. The van der Waals surface area contributed by atoms with Crippen molar-refractivity contribution in [3.05, 3.63) is 84.2 Å². The van der Waals surface area contributed by atoms with Crippen molar-refractivity contribution in [2.45, 2.75) is 17.7 Å². The van der Waals surface area contributed by atoms with Gasteiger partial charge in [-0.1, -0.05) is 37.3 Å². The molecule has 0 spiro atoms. The van der Waals surface area contributed by atoms with E-state index in [4.69, 9.17) is 9.47 Å². The fourth-order valence-corrected chi connectivity index (χ4v) is 5.02. The van der Waals surface area contributed by atoms with Gasteiger partial charge in [0.25, 0.3) is 10.0 Å². The lowest BCUT2D eigenvalue weighted by Gasteiger charge is -2.25. The number of fused-ring (bicyclic) bond motifs is 1. The number of carbonyl (C=O) groups is 1. The lowest BCUT2D eigenvalue weighted by Crippen LogP contribution is -2.41. The number of amides is 1. The molecule has 9 heteroatoms. The van der Waals surface area contributed by atoms with Crippen LogP contribution in [-0.4, -0.2) is 40.6 Å². The molecule has 1 atom stereocenters. The van der Waals surface area contributed by atoms with Gasteiger partial charge in [-0.05, 0) is 47.9 Å². The smallest absolute Gasteiger partial charge is 0.264 e. The molecular weight excluding hydrogens is 459 g/mol. The predicted octanol–water partition coefficient (Wildman–Crippen LogP) is 3.71. The Morgan fingerprint density at radius 2 is 1.68 bits per heavy atom. The van der Waals surface area contributed by atoms with Crippen LogP contribution in [0.3, 0.4) is 0 Å². The summed E-state index contributed by atoms with van der Waals surface area (Å²) in [6, 6.07) is 18.9. The number of rotatable bonds is 8. The molecule has 7 nitrogen and oxygen atoms in total. The number of ether oxygens (including phenoxy) is 2. The SMILES string of the molecule is C[C@H](CNC(=O)CN(c1ccc(F)cc1)S(=O)(=O)c1ccc2c(c1)OCCO2)c1ccccc1. The van der Waals surface area contributed by atoms with Gasteiger partial charge in [-0.15, -0.1) is 0 Å². The van der Waals surface area contributed by atoms with Crippen LogP contribution in [0.2, 0.25) is 0 Å². The normalized spacial score (nSPS) is 13.7. The van der Waals surface area contributed by atoms with Crippen molar-refractivity contribution < 1.29 is 27.1 Å². The highest BCUT2D eigenvalue weighted by Crippen LogP contribution is 2.34. The molecule has 1 amide bonds. The second-order valence-electron chi connectivity index (χ2n) is 7.91. The summed E-state index contributed by atoms with van der Waals surface area (Å²) in [5, 5.41) is 2.80. The average molecular weight is 485 g/mol. The summed E-state index contributed by atoms with van der Waals surface area (Å²) in [4.78, 5) is 12.7. The van der Waals surface area contributed by atoms with Gasteiger partial charge < -0.3 is 14.8 Å². The van der Waals surface area contributed by atoms with E-state index in [1.807, 2.05) is 37.3 Å². The second-order valence-corrected chi connectivity index (χ2v) is 9.77. The van der Waals surface area contributed by atoms with Crippen LogP contribution < -0.4 is 19.1 Å². The molecule has 1 N–H and O–H groups in total. The maximum Gasteiger partial charge on any atom is 0.264 e. The van der Waals surface area contributed by atoms with Crippen LogP contribution in [0.4, 0.5) is 10.1 Å². The molecular formula is C25H25FN2O5S. The summed E-state index contributed by atoms with van der Waals surface area (Å²) in [5.41, 5.74) is 1.23. The standard InChI is InChI=1S/C25H25FN2O5S/c1-18(19-5-3-2-4-6-19)16-27-25(29)17-28(21-9-7-20(26)8-10-21)34(30,31)22-11-12-23-24(15-22)33-14-13-32-23/h2-12,15,18H,13-14,16-17H2,1H3,(H,27,29)/t18-/m1/s1. The number of benzene rings is 3. The van der Waals surface area contributed by atoms with E-state index < -0.39 is 28.3 Å². The summed E-state index contributed by atoms with van der Waals surface area (Å²) >= 11 is 0. The maximum atomic E-state index is 13.6. The van der Waals surface area contributed by atoms with Crippen molar-refractivity contribution in [3.8, 4) is 11.5 Å². The van der Waals surface area contributed by atoms with E-state index in [2.05, 4.69) is 5.32 Å². The number of nitrogens with zero attached hydrogens (tertiary/aromatic N) is 1. The van der Waals surface area contributed by atoms with Crippen LogP contribution in [0, 0.1) is 5.82 Å². The molecule has 0 saturated heterocycles. The second kappa shape index (κ2) is 10.1. The quantitative estimate of drug-likeness (QED) is 0.527. The minimum absolute atomic E-state index is 0.0406. The Morgan fingerprint density at radius 3 is 2.38 bits per heavy atom. The summed E-state index contributed by atoms with van der Waals surface area (Å²) < 4.78 is 52.6. The monoisotopic (exact) mass is 484 g/mol. The van der Waals surface area contributed by atoms with Crippen molar-refractivity contribution in [1.82, 2.24) is 5.32 Å². The van der Waals surface area contributed by atoms with Crippen LogP contribution in [0.25, 0.3) is 0 Å². The molecule has 178 valence electrons. The van der Waals surface area contributed by atoms with E-state index in [1.54, 1.807) is 0 Å². The van der Waals surface area contributed by atoms with E-state index in [0.29, 0.717) is 31.3 Å². The van der Waals surface area contributed by atoms with E-state index in [9.17, 15) is 17.6 Å². The zero-order valence-electron chi connectivity index (χ0n) is 18.6. The molecule has 0 aliphatic carbocycles. The lowest BCUT2D eigenvalue weighted by molar-refractivity contribution is -0.119. The van der Waals surface area contributed by atoms with Crippen LogP contribution in [0.5, 0.6) is 11.5 Å².